The Balaban J connectivity index is 1.96. The summed E-state index contributed by atoms with van der Waals surface area (Å²) in [5.41, 5.74) is 4.50. The van der Waals surface area contributed by atoms with Crippen molar-refractivity contribution in [2.75, 3.05) is 26.8 Å². The number of amides is 4. The number of nitrogens with one attached hydrogen (secondary N) is 3. The maximum absolute atomic E-state index is 13.5. The van der Waals surface area contributed by atoms with Crippen LogP contribution in [0.3, 0.4) is 0 Å². The number of urea groups is 1. The number of rotatable bonds is 15. The van der Waals surface area contributed by atoms with Crippen molar-refractivity contribution < 1.29 is 23.9 Å². The molecule has 0 saturated heterocycles. The second-order valence-electron chi connectivity index (χ2n) is 8.90. The molecule has 2 aromatic rings. The van der Waals surface area contributed by atoms with Gasteiger partial charge in [-0.25, -0.2) is 9.80 Å². The zero-order valence-electron chi connectivity index (χ0n) is 23.0. The molecule has 0 fully saturated rings. The third-order valence-corrected chi connectivity index (χ3v) is 5.74. The van der Waals surface area contributed by atoms with E-state index in [-0.39, 0.29) is 12.5 Å². The van der Waals surface area contributed by atoms with Crippen LogP contribution in [-0.4, -0.2) is 72.9 Å². The highest BCUT2D eigenvalue weighted by molar-refractivity contribution is 5.88. The number of hydrazine groups is 1. The molecule has 0 unspecified atom stereocenters. The van der Waals surface area contributed by atoms with E-state index in [1.807, 2.05) is 81.4 Å². The Labute approximate surface area is 225 Å². The molecule has 0 aromatic heterocycles. The molecule has 10 nitrogen and oxygen atoms in total. The summed E-state index contributed by atoms with van der Waals surface area (Å²) in [7, 11) is 1.58. The molecule has 0 heterocycles. The van der Waals surface area contributed by atoms with Crippen molar-refractivity contribution in [3.63, 3.8) is 0 Å². The molecule has 0 radical (unpaired) electrons. The lowest BCUT2D eigenvalue weighted by Crippen LogP contribution is -2.55. The molecule has 10 heteroatoms. The van der Waals surface area contributed by atoms with Gasteiger partial charge in [-0.05, 0) is 38.8 Å². The van der Waals surface area contributed by atoms with Gasteiger partial charge in [0, 0.05) is 33.4 Å². The first-order valence-electron chi connectivity index (χ1n) is 12.9. The van der Waals surface area contributed by atoms with Crippen LogP contribution in [0, 0.1) is 0 Å². The quantitative estimate of drug-likeness (QED) is 0.243. The van der Waals surface area contributed by atoms with Crippen LogP contribution in [0.1, 0.15) is 38.8 Å². The SMILES string of the molecule is CCOC(OCC)[C@H](C)N(Cc1ccccc1)C(=O)[C@H](C)NC(=O)CN(C)NC(=O)NCc1ccccc1. The summed E-state index contributed by atoms with van der Waals surface area (Å²) in [6, 6.07) is 17.5. The smallest absolute Gasteiger partial charge is 0.329 e. The Bertz CT molecular complexity index is 986. The lowest BCUT2D eigenvalue weighted by Gasteiger charge is -2.36. The molecule has 38 heavy (non-hydrogen) atoms. The average Bonchev–Trinajstić information content (AvgIpc) is 2.90. The Morgan fingerprint density at radius 3 is 1.97 bits per heavy atom. The number of benzene rings is 2. The average molecular weight is 528 g/mol. The van der Waals surface area contributed by atoms with Crippen molar-refractivity contribution in [1.29, 1.82) is 0 Å². The van der Waals surface area contributed by atoms with Gasteiger partial charge in [0.2, 0.25) is 11.8 Å². The van der Waals surface area contributed by atoms with E-state index in [0.29, 0.717) is 26.3 Å². The third-order valence-electron chi connectivity index (χ3n) is 5.74. The topological polar surface area (TPSA) is 112 Å². The van der Waals surface area contributed by atoms with Crippen LogP contribution < -0.4 is 16.1 Å². The maximum Gasteiger partial charge on any atom is 0.329 e. The number of likely N-dealkylation sites (N-methyl/N-ethyl adjacent to an activating group) is 1. The van der Waals surface area contributed by atoms with Crippen LogP contribution in [0.25, 0.3) is 0 Å². The third kappa shape index (κ3) is 10.5. The van der Waals surface area contributed by atoms with Gasteiger partial charge >= 0.3 is 6.03 Å². The Kier molecular flexibility index (Phi) is 13.3. The minimum absolute atomic E-state index is 0.134. The second-order valence-corrected chi connectivity index (χ2v) is 8.90. The van der Waals surface area contributed by atoms with Gasteiger partial charge in [-0.2, -0.15) is 0 Å². The van der Waals surface area contributed by atoms with Crippen LogP contribution in [0.4, 0.5) is 4.79 Å². The Hall–Kier alpha value is -3.47. The van der Waals surface area contributed by atoms with E-state index in [1.54, 1.807) is 18.9 Å². The summed E-state index contributed by atoms with van der Waals surface area (Å²) < 4.78 is 11.5. The molecule has 3 N–H and O–H groups in total. The van der Waals surface area contributed by atoms with E-state index < -0.39 is 30.3 Å². The van der Waals surface area contributed by atoms with E-state index in [9.17, 15) is 14.4 Å². The van der Waals surface area contributed by atoms with Crippen molar-refractivity contribution in [2.24, 2.45) is 0 Å². The predicted octanol–water partition coefficient (Wildman–Crippen LogP) is 2.65. The zero-order chi connectivity index (χ0) is 27.9. The van der Waals surface area contributed by atoms with E-state index >= 15 is 0 Å². The number of nitrogens with zero attached hydrogens (tertiary/aromatic N) is 2. The van der Waals surface area contributed by atoms with Crippen molar-refractivity contribution in [1.82, 2.24) is 26.0 Å². The molecule has 0 aliphatic carbocycles. The first kappa shape index (κ1) is 30.8. The summed E-state index contributed by atoms with van der Waals surface area (Å²) in [6.45, 7) is 8.69. The molecule has 208 valence electrons. The van der Waals surface area contributed by atoms with Crippen molar-refractivity contribution in [3.8, 4) is 0 Å². The molecule has 2 rings (SSSR count). The summed E-state index contributed by atoms with van der Waals surface area (Å²) >= 11 is 0. The molecule has 4 amide bonds. The number of carbonyl (C=O) groups is 3. The second kappa shape index (κ2) is 16.4. The molecule has 2 atom stereocenters. The number of hydrogen-bond donors (Lipinski definition) is 3. The Morgan fingerprint density at radius 1 is 0.868 bits per heavy atom. The van der Waals surface area contributed by atoms with Crippen LogP contribution in [0.5, 0.6) is 0 Å². The van der Waals surface area contributed by atoms with Crippen LogP contribution >= 0.6 is 0 Å². The normalized spacial score (nSPS) is 12.6. The van der Waals surface area contributed by atoms with E-state index in [4.69, 9.17) is 9.47 Å². The molecular formula is C28H41N5O5. The minimum Gasteiger partial charge on any atom is -0.351 e. The van der Waals surface area contributed by atoms with Gasteiger partial charge in [0.25, 0.3) is 0 Å². The fourth-order valence-corrected chi connectivity index (χ4v) is 3.85. The molecule has 0 bridgehead atoms. The molecular weight excluding hydrogens is 486 g/mol. The van der Waals surface area contributed by atoms with Gasteiger partial charge in [-0.3, -0.25) is 15.0 Å². The van der Waals surface area contributed by atoms with Gasteiger partial charge in [0.15, 0.2) is 6.29 Å². The lowest BCUT2D eigenvalue weighted by atomic mass is 10.1. The summed E-state index contributed by atoms with van der Waals surface area (Å²) in [4.78, 5) is 40.0. The molecule has 0 aliphatic rings. The number of ether oxygens (including phenoxy) is 2. The maximum atomic E-state index is 13.5. The first-order chi connectivity index (χ1) is 18.2. The number of hydrogen-bond acceptors (Lipinski definition) is 6. The highest BCUT2D eigenvalue weighted by Gasteiger charge is 2.31. The van der Waals surface area contributed by atoms with Gasteiger partial charge in [-0.1, -0.05) is 60.7 Å². The highest BCUT2D eigenvalue weighted by Crippen LogP contribution is 2.16. The molecule has 0 spiro atoms. The molecule has 0 saturated carbocycles. The predicted molar refractivity (Wildman–Crippen MR) is 146 cm³/mol. The summed E-state index contributed by atoms with van der Waals surface area (Å²) in [5, 5.41) is 6.84. The van der Waals surface area contributed by atoms with Gasteiger partial charge in [0.1, 0.15) is 6.04 Å². The van der Waals surface area contributed by atoms with Crippen molar-refractivity contribution >= 4 is 17.8 Å². The Morgan fingerprint density at radius 2 is 1.42 bits per heavy atom. The van der Waals surface area contributed by atoms with Crippen LogP contribution in [-0.2, 0) is 32.2 Å². The standard InChI is InChI=1S/C28H41N5O5/c1-6-37-27(38-7-2)22(4)33(19-24-16-12-9-13-17-24)26(35)21(3)30-25(34)20-32(5)31-28(36)29-18-23-14-10-8-11-15-23/h8-17,21-22,27H,6-7,18-20H2,1-5H3,(H,30,34)(H2,29,31,36)/t21-,22-/m0/s1. The highest BCUT2D eigenvalue weighted by atomic mass is 16.7. The van der Waals surface area contributed by atoms with Crippen molar-refractivity contribution in [3.05, 3.63) is 71.8 Å². The monoisotopic (exact) mass is 527 g/mol. The van der Waals surface area contributed by atoms with E-state index in [2.05, 4.69) is 16.1 Å². The fraction of sp³-hybridized carbons (Fsp3) is 0.464. The molecule has 0 aliphatic heterocycles. The van der Waals surface area contributed by atoms with E-state index in [1.165, 1.54) is 5.01 Å². The van der Waals surface area contributed by atoms with Gasteiger partial charge in [0.05, 0.1) is 12.6 Å². The first-order valence-corrected chi connectivity index (χ1v) is 12.9. The van der Waals surface area contributed by atoms with Gasteiger partial charge in [-0.15, -0.1) is 0 Å². The largest absolute Gasteiger partial charge is 0.351 e. The molecule has 2 aromatic carbocycles. The summed E-state index contributed by atoms with van der Waals surface area (Å²) in [5.74, 6) is -0.675. The minimum atomic E-state index is -0.808. The van der Waals surface area contributed by atoms with E-state index in [0.717, 1.165) is 11.1 Å². The van der Waals surface area contributed by atoms with Crippen LogP contribution in [0.15, 0.2) is 60.7 Å². The number of carbonyl (C=O) groups excluding carboxylic acids is 3. The van der Waals surface area contributed by atoms with Crippen molar-refractivity contribution in [2.45, 2.75) is 59.2 Å². The summed E-state index contributed by atoms with van der Waals surface area (Å²) in [6.07, 6.45) is -0.606. The lowest BCUT2D eigenvalue weighted by molar-refractivity contribution is -0.179. The fourth-order valence-electron chi connectivity index (χ4n) is 3.85. The van der Waals surface area contributed by atoms with Crippen LogP contribution in [0.2, 0.25) is 0 Å². The van der Waals surface area contributed by atoms with Gasteiger partial charge < -0.3 is 25.0 Å². The zero-order valence-corrected chi connectivity index (χ0v) is 23.0.